The van der Waals surface area contributed by atoms with Crippen molar-refractivity contribution in [1.29, 1.82) is 0 Å². The molecule has 0 bridgehead atoms. The lowest BCUT2D eigenvalue weighted by molar-refractivity contribution is 0.0932. The Labute approximate surface area is 127 Å². The van der Waals surface area contributed by atoms with Gasteiger partial charge in [0.05, 0.1) is 13.2 Å². The molecule has 1 N–H and O–H groups in total. The second kappa shape index (κ2) is 8.68. The predicted octanol–water partition coefficient (Wildman–Crippen LogP) is 5.38. The van der Waals surface area contributed by atoms with Crippen molar-refractivity contribution in [3.63, 3.8) is 0 Å². The normalized spacial score (nSPS) is 13.8. The average molecular weight is 306 g/mol. The maximum atomic E-state index is 9.86. The summed E-state index contributed by atoms with van der Waals surface area (Å²) in [6.07, 6.45) is 2.16. The van der Waals surface area contributed by atoms with Gasteiger partial charge in [0.15, 0.2) is 0 Å². The van der Waals surface area contributed by atoms with Crippen LogP contribution in [0.1, 0.15) is 68.2 Å². The molecule has 0 aliphatic rings. The highest BCUT2D eigenvalue weighted by Crippen LogP contribution is 2.39. The van der Waals surface area contributed by atoms with E-state index in [1.807, 2.05) is 0 Å². The van der Waals surface area contributed by atoms with Crippen molar-refractivity contribution in [2.75, 3.05) is 13.2 Å². The summed E-state index contributed by atoms with van der Waals surface area (Å²) in [4.78, 5) is 9.86. The molecule has 3 nitrogen and oxygen atoms in total. The molecular weight excluding hydrogens is 271 g/mol. The Bertz CT molecular complexity index is 236. The van der Waals surface area contributed by atoms with Crippen LogP contribution in [0.3, 0.4) is 0 Å². The molecule has 0 aliphatic heterocycles. The molecule has 0 unspecified atom stereocenters. The van der Waals surface area contributed by atoms with Gasteiger partial charge in [-0.15, -0.1) is 0 Å². The fourth-order valence-electron chi connectivity index (χ4n) is 2.83. The molecule has 0 saturated heterocycles. The predicted molar refractivity (Wildman–Crippen MR) is 87.5 cm³/mol. The van der Waals surface area contributed by atoms with Crippen molar-refractivity contribution >= 4 is 8.60 Å². The fraction of sp³-hybridized carbons (Fsp3) is 1.00. The molecule has 20 heavy (non-hydrogen) atoms. The molecular formula is C16H35O3P. The summed E-state index contributed by atoms with van der Waals surface area (Å²) < 4.78 is 11.0. The lowest BCUT2D eigenvalue weighted by atomic mass is 9.85. The van der Waals surface area contributed by atoms with Crippen molar-refractivity contribution in [2.45, 2.75) is 68.2 Å². The first kappa shape index (κ1) is 20.3. The molecule has 0 heterocycles. The maximum absolute atomic E-state index is 9.86. The Hall–Kier alpha value is 0.310. The van der Waals surface area contributed by atoms with Gasteiger partial charge in [-0.1, -0.05) is 55.4 Å². The van der Waals surface area contributed by atoms with Gasteiger partial charge < -0.3 is 13.9 Å². The van der Waals surface area contributed by atoms with Crippen LogP contribution in [0.4, 0.5) is 0 Å². The number of rotatable bonds is 10. The van der Waals surface area contributed by atoms with Crippen LogP contribution in [-0.2, 0) is 9.05 Å². The van der Waals surface area contributed by atoms with E-state index in [0.29, 0.717) is 25.0 Å². The monoisotopic (exact) mass is 306 g/mol. The zero-order valence-corrected chi connectivity index (χ0v) is 15.6. The van der Waals surface area contributed by atoms with E-state index in [9.17, 15) is 4.89 Å². The van der Waals surface area contributed by atoms with Crippen molar-refractivity contribution < 1.29 is 13.9 Å². The standard InChI is InChI=1S/C16H35O3P/c1-13(2)9-15(5,6)11-18-20(17)19-12-16(7,8)10-14(3)4/h13-14,17H,9-12H2,1-8H3. The van der Waals surface area contributed by atoms with Crippen molar-refractivity contribution in [3.05, 3.63) is 0 Å². The first-order valence-corrected chi connectivity index (χ1v) is 8.81. The van der Waals surface area contributed by atoms with Crippen LogP contribution in [0.15, 0.2) is 0 Å². The number of hydrogen-bond donors (Lipinski definition) is 1. The first-order chi connectivity index (χ1) is 8.93. The van der Waals surface area contributed by atoms with Gasteiger partial charge in [-0.3, -0.25) is 0 Å². The average Bonchev–Trinajstić information content (AvgIpc) is 2.20. The van der Waals surface area contributed by atoms with Crippen LogP contribution in [0.2, 0.25) is 0 Å². The minimum atomic E-state index is -1.76. The second-order valence-electron chi connectivity index (χ2n) is 8.31. The van der Waals surface area contributed by atoms with Crippen molar-refractivity contribution in [2.24, 2.45) is 22.7 Å². The molecule has 0 rings (SSSR count). The van der Waals surface area contributed by atoms with Gasteiger partial charge in [0.25, 0.3) is 0 Å². The summed E-state index contributed by atoms with van der Waals surface area (Å²) in [7, 11) is -1.76. The van der Waals surface area contributed by atoms with Crippen molar-refractivity contribution in [1.82, 2.24) is 0 Å². The lowest BCUT2D eigenvalue weighted by Crippen LogP contribution is -2.22. The summed E-state index contributed by atoms with van der Waals surface area (Å²) >= 11 is 0. The van der Waals surface area contributed by atoms with E-state index < -0.39 is 8.60 Å². The molecule has 0 saturated carbocycles. The van der Waals surface area contributed by atoms with Crippen LogP contribution >= 0.6 is 8.60 Å². The zero-order chi connectivity index (χ0) is 16.0. The highest BCUT2D eigenvalue weighted by Gasteiger charge is 2.25. The molecule has 4 heteroatoms. The first-order valence-electron chi connectivity index (χ1n) is 7.68. The topological polar surface area (TPSA) is 38.7 Å². The Balaban J connectivity index is 4.03. The molecule has 0 radical (unpaired) electrons. The lowest BCUT2D eigenvalue weighted by Gasteiger charge is -2.29. The third-order valence-corrected chi connectivity index (χ3v) is 3.75. The third kappa shape index (κ3) is 11.0. The van der Waals surface area contributed by atoms with Crippen LogP contribution in [0, 0.1) is 22.7 Å². The molecule has 0 amide bonds. The molecule has 0 spiro atoms. The maximum Gasteiger partial charge on any atom is 0.329 e. The molecule has 0 aliphatic carbocycles. The SMILES string of the molecule is CC(C)CC(C)(C)COP(O)OCC(C)(C)CC(C)C. The summed E-state index contributed by atoms with van der Waals surface area (Å²) in [6.45, 7) is 18.6. The third-order valence-electron chi connectivity index (χ3n) is 3.05. The fourth-order valence-corrected chi connectivity index (χ4v) is 3.82. The van der Waals surface area contributed by atoms with Gasteiger partial charge in [-0.25, -0.2) is 0 Å². The minimum absolute atomic E-state index is 0.0777. The Morgan fingerprint density at radius 1 is 0.800 bits per heavy atom. The molecule has 0 aromatic rings. The van der Waals surface area contributed by atoms with Gasteiger partial charge in [-0.05, 0) is 35.5 Å². The second-order valence-corrected chi connectivity index (χ2v) is 9.30. The summed E-state index contributed by atoms with van der Waals surface area (Å²) in [5.41, 5.74) is 0.155. The van der Waals surface area contributed by atoms with E-state index in [2.05, 4.69) is 55.4 Å². The van der Waals surface area contributed by atoms with Gasteiger partial charge in [-0.2, -0.15) is 0 Å². The van der Waals surface area contributed by atoms with Crippen LogP contribution in [0.25, 0.3) is 0 Å². The zero-order valence-electron chi connectivity index (χ0n) is 14.7. The molecule has 122 valence electrons. The largest absolute Gasteiger partial charge is 0.329 e. The summed E-state index contributed by atoms with van der Waals surface area (Å²) in [5.74, 6) is 1.26. The van der Waals surface area contributed by atoms with E-state index in [1.165, 1.54) is 0 Å². The highest BCUT2D eigenvalue weighted by atomic mass is 31.2. The van der Waals surface area contributed by atoms with Crippen LogP contribution in [-0.4, -0.2) is 18.1 Å². The van der Waals surface area contributed by atoms with E-state index in [1.54, 1.807) is 0 Å². The van der Waals surface area contributed by atoms with Crippen LogP contribution in [0.5, 0.6) is 0 Å². The Kier molecular flexibility index (Phi) is 8.81. The molecule has 0 atom stereocenters. The van der Waals surface area contributed by atoms with E-state index in [4.69, 9.17) is 9.05 Å². The quantitative estimate of drug-likeness (QED) is 0.550. The van der Waals surface area contributed by atoms with Gasteiger partial charge >= 0.3 is 8.60 Å². The van der Waals surface area contributed by atoms with Crippen molar-refractivity contribution in [3.8, 4) is 0 Å². The Morgan fingerprint density at radius 3 is 1.35 bits per heavy atom. The van der Waals surface area contributed by atoms with Gasteiger partial charge in [0.1, 0.15) is 0 Å². The summed E-state index contributed by atoms with van der Waals surface area (Å²) in [5, 5.41) is 0. The molecule has 0 aromatic carbocycles. The Morgan fingerprint density at radius 2 is 1.10 bits per heavy atom. The molecule has 0 aromatic heterocycles. The van der Waals surface area contributed by atoms with E-state index >= 15 is 0 Å². The minimum Gasteiger partial charge on any atom is -0.328 e. The van der Waals surface area contributed by atoms with E-state index in [-0.39, 0.29) is 10.8 Å². The number of hydrogen-bond acceptors (Lipinski definition) is 3. The summed E-state index contributed by atoms with van der Waals surface area (Å²) in [6, 6.07) is 0. The smallest absolute Gasteiger partial charge is 0.328 e. The van der Waals surface area contributed by atoms with Crippen LogP contribution < -0.4 is 0 Å². The van der Waals surface area contributed by atoms with Gasteiger partial charge in [0.2, 0.25) is 0 Å². The van der Waals surface area contributed by atoms with E-state index in [0.717, 1.165) is 12.8 Å². The molecule has 0 fully saturated rings. The highest BCUT2D eigenvalue weighted by molar-refractivity contribution is 7.40. The van der Waals surface area contributed by atoms with Gasteiger partial charge in [0, 0.05) is 0 Å².